The van der Waals surface area contributed by atoms with Crippen molar-refractivity contribution in [3.05, 3.63) is 41.1 Å². The Morgan fingerprint density at radius 1 is 1.43 bits per heavy atom. The molecule has 1 aromatic carbocycles. The molecule has 0 saturated carbocycles. The minimum Gasteiger partial charge on any atom is -0.508 e. The van der Waals surface area contributed by atoms with Crippen molar-refractivity contribution >= 4 is 11.7 Å². The van der Waals surface area contributed by atoms with Crippen molar-refractivity contribution in [2.24, 2.45) is 0 Å². The number of phenolic OH excluding ortho intramolecular Hbond substituents is 1. The van der Waals surface area contributed by atoms with Crippen LogP contribution >= 0.6 is 0 Å². The first kappa shape index (κ1) is 15.6. The number of hydrogen-bond donors (Lipinski definition) is 2. The van der Waals surface area contributed by atoms with Gasteiger partial charge in [-0.1, -0.05) is 12.1 Å². The molecule has 1 aliphatic rings. The van der Waals surface area contributed by atoms with E-state index in [4.69, 9.17) is 0 Å². The predicted molar refractivity (Wildman–Crippen MR) is 88.5 cm³/mol. The van der Waals surface area contributed by atoms with Crippen LogP contribution in [0.5, 0.6) is 5.75 Å². The summed E-state index contributed by atoms with van der Waals surface area (Å²) in [6, 6.07) is 5.60. The van der Waals surface area contributed by atoms with E-state index in [0.29, 0.717) is 19.5 Å². The van der Waals surface area contributed by atoms with Crippen LogP contribution < -0.4 is 5.32 Å². The zero-order valence-electron chi connectivity index (χ0n) is 13.7. The third-order valence-electron chi connectivity index (χ3n) is 4.18. The van der Waals surface area contributed by atoms with Gasteiger partial charge in [0.2, 0.25) is 5.91 Å². The van der Waals surface area contributed by atoms with Crippen LogP contribution in [0.15, 0.2) is 24.4 Å². The Morgan fingerprint density at radius 2 is 2.22 bits per heavy atom. The second kappa shape index (κ2) is 6.04. The van der Waals surface area contributed by atoms with Crippen molar-refractivity contribution in [2.75, 3.05) is 19.4 Å². The summed E-state index contributed by atoms with van der Waals surface area (Å²) < 4.78 is 1.81. The van der Waals surface area contributed by atoms with E-state index in [1.54, 1.807) is 10.7 Å². The van der Waals surface area contributed by atoms with Crippen molar-refractivity contribution in [3.63, 3.8) is 0 Å². The van der Waals surface area contributed by atoms with Gasteiger partial charge in [-0.15, -0.1) is 0 Å². The number of hydrogen-bond acceptors (Lipinski definition) is 4. The van der Waals surface area contributed by atoms with E-state index in [1.807, 2.05) is 44.2 Å². The van der Waals surface area contributed by atoms with Gasteiger partial charge in [0.25, 0.3) is 0 Å². The molecule has 1 unspecified atom stereocenters. The van der Waals surface area contributed by atoms with Gasteiger partial charge < -0.3 is 15.3 Å². The molecule has 1 aliphatic heterocycles. The number of carbonyl (C=O) groups is 1. The number of amides is 1. The highest BCUT2D eigenvalue weighted by Crippen LogP contribution is 2.38. The van der Waals surface area contributed by atoms with Gasteiger partial charge in [-0.05, 0) is 32.6 Å². The molecule has 3 rings (SSSR count). The van der Waals surface area contributed by atoms with Crippen LogP contribution in [-0.4, -0.2) is 39.8 Å². The first-order valence-electron chi connectivity index (χ1n) is 7.81. The average Bonchev–Trinajstić information content (AvgIpc) is 2.91. The van der Waals surface area contributed by atoms with E-state index in [2.05, 4.69) is 10.4 Å². The number of aromatic hydroxyl groups is 1. The fraction of sp³-hybridized carbons (Fsp3) is 0.412. The molecule has 0 aliphatic carbocycles. The summed E-state index contributed by atoms with van der Waals surface area (Å²) in [5.74, 6) is 1.05. The topological polar surface area (TPSA) is 70.4 Å². The fourth-order valence-corrected chi connectivity index (χ4v) is 3.10. The summed E-state index contributed by atoms with van der Waals surface area (Å²) in [6.45, 7) is 3.36. The molecule has 1 atom stereocenters. The molecule has 1 amide bonds. The van der Waals surface area contributed by atoms with E-state index in [0.717, 1.165) is 22.5 Å². The summed E-state index contributed by atoms with van der Waals surface area (Å²) in [5.41, 5.74) is 2.93. The molecule has 2 heterocycles. The Hall–Kier alpha value is -2.34. The smallest absolute Gasteiger partial charge is 0.226 e. The van der Waals surface area contributed by atoms with Crippen molar-refractivity contribution in [1.82, 2.24) is 14.7 Å². The van der Waals surface area contributed by atoms with Crippen LogP contribution in [0.1, 0.15) is 36.0 Å². The Labute approximate surface area is 135 Å². The fourth-order valence-electron chi connectivity index (χ4n) is 3.10. The number of benzene rings is 1. The van der Waals surface area contributed by atoms with Gasteiger partial charge in [-0.3, -0.25) is 4.79 Å². The summed E-state index contributed by atoms with van der Waals surface area (Å²) >= 11 is 0. The SMILES string of the molecule is CCn1ncc2c1NC(=O)CC2c1ccc(O)c(CN(C)C)c1. The zero-order valence-corrected chi connectivity index (χ0v) is 13.7. The van der Waals surface area contributed by atoms with Crippen molar-refractivity contribution in [1.29, 1.82) is 0 Å². The number of nitrogens with one attached hydrogen (secondary N) is 1. The van der Waals surface area contributed by atoms with Crippen LogP contribution in [0.2, 0.25) is 0 Å². The van der Waals surface area contributed by atoms with Crippen LogP contribution in [0.4, 0.5) is 5.82 Å². The molecule has 23 heavy (non-hydrogen) atoms. The van der Waals surface area contributed by atoms with Gasteiger partial charge in [-0.2, -0.15) is 5.10 Å². The van der Waals surface area contributed by atoms with E-state index in [-0.39, 0.29) is 17.6 Å². The molecule has 0 fully saturated rings. The number of nitrogens with zero attached hydrogens (tertiary/aromatic N) is 3. The Balaban J connectivity index is 2.02. The summed E-state index contributed by atoms with van der Waals surface area (Å²) in [7, 11) is 3.92. The minimum absolute atomic E-state index is 0.0000606. The maximum Gasteiger partial charge on any atom is 0.226 e. The quantitative estimate of drug-likeness (QED) is 0.907. The molecule has 2 N–H and O–H groups in total. The van der Waals surface area contributed by atoms with E-state index < -0.39 is 0 Å². The third kappa shape index (κ3) is 2.94. The van der Waals surface area contributed by atoms with Gasteiger partial charge in [0.1, 0.15) is 11.6 Å². The molecule has 6 nitrogen and oxygen atoms in total. The highest BCUT2D eigenvalue weighted by atomic mass is 16.3. The number of phenols is 1. The molecular formula is C17H22N4O2. The lowest BCUT2D eigenvalue weighted by atomic mass is 9.86. The molecular weight excluding hydrogens is 292 g/mol. The van der Waals surface area contributed by atoms with Gasteiger partial charge in [-0.25, -0.2) is 4.68 Å². The van der Waals surface area contributed by atoms with Gasteiger partial charge in [0.05, 0.1) is 6.20 Å². The molecule has 122 valence electrons. The molecule has 0 radical (unpaired) electrons. The number of aromatic nitrogens is 2. The standard InChI is InChI=1S/C17H22N4O2/c1-4-21-17-14(9-18-21)13(8-16(23)19-17)11-5-6-15(22)12(7-11)10-20(2)3/h5-7,9,13,22H,4,8,10H2,1-3H3,(H,19,23). The lowest BCUT2D eigenvalue weighted by Crippen LogP contribution is -2.24. The molecule has 0 saturated heterocycles. The molecule has 2 aromatic rings. The first-order valence-corrected chi connectivity index (χ1v) is 7.81. The third-order valence-corrected chi connectivity index (χ3v) is 4.18. The molecule has 0 bridgehead atoms. The average molecular weight is 314 g/mol. The largest absolute Gasteiger partial charge is 0.508 e. The number of rotatable bonds is 4. The lowest BCUT2D eigenvalue weighted by Gasteiger charge is -2.24. The Bertz CT molecular complexity index is 736. The lowest BCUT2D eigenvalue weighted by molar-refractivity contribution is -0.116. The highest BCUT2D eigenvalue weighted by molar-refractivity contribution is 5.94. The van der Waals surface area contributed by atoms with Crippen LogP contribution in [0.25, 0.3) is 0 Å². The number of fused-ring (bicyclic) bond motifs is 1. The van der Waals surface area contributed by atoms with E-state index in [9.17, 15) is 9.90 Å². The van der Waals surface area contributed by atoms with E-state index >= 15 is 0 Å². The van der Waals surface area contributed by atoms with E-state index in [1.165, 1.54) is 0 Å². The van der Waals surface area contributed by atoms with Gasteiger partial charge >= 0.3 is 0 Å². The highest BCUT2D eigenvalue weighted by Gasteiger charge is 2.30. The molecule has 0 spiro atoms. The second-order valence-electron chi connectivity index (χ2n) is 6.20. The summed E-state index contributed by atoms with van der Waals surface area (Å²) in [6.07, 6.45) is 2.23. The van der Waals surface area contributed by atoms with Crippen molar-refractivity contribution in [2.45, 2.75) is 32.4 Å². The number of carbonyl (C=O) groups excluding carboxylic acids is 1. The minimum atomic E-state index is -0.0273. The number of aryl methyl sites for hydroxylation is 1. The first-order chi connectivity index (χ1) is 11.0. The second-order valence-corrected chi connectivity index (χ2v) is 6.20. The van der Waals surface area contributed by atoms with Crippen LogP contribution in [0.3, 0.4) is 0 Å². The van der Waals surface area contributed by atoms with Gasteiger partial charge in [0, 0.05) is 36.6 Å². The normalized spacial score (nSPS) is 17.2. The van der Waals surface area contributed by atoms with Crippen LogP contribution in [-0.2, 0) is 17.9 Å². The molecule has 6 heteroatoms. The number of anilines is 1. The monoisotopic (exact) mass is 314 g/mol. The van der Waals surface area contributed by atoms with Crippen LogP contribution in [0, 0.1) is 0 Å². The summed E-state index contributed by atoms with van der Waals surface area (Å²) in [4.78, 5) is 14.1. The maximum absolute atomic E-state index is 12.1. The maximum atomic E-state index is 12.1. The predicted octanol–water partition coefficient (Wildman–Crippen LogP) is 2.14. The Kier molecular flexibility index (Phi) is 4.09. The Morgan fingerprint density at radius 3 is 2.91 bits per heavy atom. The zero-order chi connectivity index (χ0) is 16.6. The summed E-state index contributed by atoms with van der Waals surface area (Å²) in [5, 5.41) is 17.3. The molecule has 1 aromatic heterocycles. The van der Waals surface area contributed by atoms with Crippen molar-refractivity contribution in [3.8, 4) is 5.75 Å². The van der Waals surface area contributed by atoms with Crippen molar-refractivity contribution < 1.29 is 9.90 Å². The van der Waals surface area contributed by atoms with Gasteiger partial charge in [0.15, 0.2) is 0 Å².